The summed E-state index contributed by atoms with van der Waals surface area (Å²) >= 11 is 0. The van der Waals surface area contributed by atoms with Gasteiger partial charge in [-0.3, -0.25) is 0 Å². The van der Waals surface area contributed by atoms with Crippen LogP contribution >= 0.6 is 0 Å². The molecular formula is C16H23FN2O. The Morgan fingerprint density at radius 1 is 1.35 bits per heavy atom. The number of rotatable bonds is 4. The van der Waals surface area contributed by atoms with E-state index in [0.717, 1.165) is 18.4 Å². The van der Waals surface area contributed by atoms with Gasteiger partial charge in [-0.25, -0.2) is 4.39 Å². The topological polar surface area (TPSA) is 38.5 Å². The third-order valence-corrected chi connectivity index (χ3v) is 5.10. The first-order valence-corrected chi connectivity index (χ1v) is 7.42. The van der Waals surface area contributed by atoms with E-state index in [9.17, 15) is 4.39 Å². The normalized spacial score (nSPS) is 27.9. The Balaban J connectivity index is 1.75. The van der Waals surface area contributed by atoms with Gasteiger partial charge in [-0.05, 0) is 37.0 Å². The molecule has 0 saturated heterocycles. The second-order valence-electron chi connectivity index (χ2n) is 6.36. The molecule has 20 heavy (non-hydrogen) atoms. The number of hydrogen-bond donors (Lipinski definition) is 1. The number of methoxy groups -OCH3 is 1. The van der Waals surface area contributed by atoms with E-state index in [1.807, 2.05) is 11.9 Å². The van der Waals surface area contributed by atoms with Crippen LogP contribution < -0.4 is 15.4 Å². The molecule has 2 N–H and O–H groups in total. The molecule has 2 saturated carbocycles. The number of nitrogens with zero attached hydrogens (tertiary/aromatic N) is 1. The summed E-state index contributed by atoms with van der Waals surface area (Å²) in [5.74, 6) is 2.75. The monoisotopic (exact) mass is 278 g/mol. The summed E-state index contributed by atoms with van der Waals surface area (Å²) in [4.78, 5) is 2.02. The number of ether oxygens (including phenoxy) is 1. The molecule has 3 unspecified atom stereocenters. The molecule has 0 aromatic heterocycles. The van der Waals surface area contributed by atoms with Crippen molar-refractivity contribution in [1.82, 2.24) is 0 Å². The fourth-order valence-corrected chi connectivity index (χ4v) is 4.08. The summed E-state index contributed by atoms with van der Waals surface area (Å²) in [6.07, 6.45) is 5.44. The molecule has 3 nitrogen and oxygen atoms in total. The Morgan fingerprint density at radius 3 is 2.75 bits per heavy atom. The highest BCUT2D eigenvalue weighted by Crippen LogP contribution is 2.48. The molecule has 4 heteroatoms. The van der Waals surface area contributed by atoms with Gasteiger partial charge >= 0.3 is 0 Å². The van der Waals surface area contributed by atoms with Crippen molar-refractivity contribution in [3.05, 3.63) is 17.9 Å². The van der Waals surface area contributed by atoms with Crippen molar-refractivity contribution in [3.63, 3.8) is 0 Å². The van der Waals surface area contributed by atoms with Gasteiger partial charge in [0.05, 0.1) is 18.5 Å². The van der Waals surface area contributed by atoms with Crippen LogP contribution in [0.1, 0.15) is 25.7 Å². The first-order chi connectivity index (χ1) is 9.58. The zero-order chi connectivity index (χ0) is 14.3. The molecule has 0 radical (unpaired) electrons. The van der Waals surface area contributed by atoms with Crippen molar-refractivity contribution >= 4 is 11.4 Å². The molecule has 2 bridgehead atoms. The number of nitrogens with two attached hydrogens (primary N) is 1. The van der Waals surface area contributed by atoms with E-state index in [2.05, 4.69) is 0 Å². The van der Waals surface area contributed by atoms with E-state index in [4.69, 9.17) is 10.5 Å². The highest BCUT2D eigenvalue weighted by Gasteiger charge is 2.39. The maximum Gasteiger partial charge on any atom is 0.148 e. The van der Waals surface area contributed by atoms with Crippen LogP contribution in [0.2, 0.25) is 0 Å². The van der Waals surface area contributed by atoms with Crippen LogP contribution in [-0.4, -0.2) is 20.7 Å². The quantitative estimate of drug-likeness (QED) is 0.859. The maximum atomic E-state index is 14.1. The zero-order valence-corrected chi connectivity index (χ0v) is 12.2. The highest BCUT2D eigenvalue weighted by atomic mass is 19.1. The van der Waals surface area contributed by atoms with Crippen LogP contribution in [0.5, 0.6) is 5.75 Å². The van der Waals surface area contributed by atoms with Crippen molar-refractivity contribution in [2.24, 2.45) is 17.8 Å². The SMILES string of the molecule is COc1cc(N(C)CC2CC3CCC2C3)c(F)cc1N. The number of hydrogen-bond acceptors (Lipinski definition) is 3. The second-order valence-corrected chi connectivity index (χ2v) is 6.36. The molecule has 0 heterocycles. The molecular weight excluding hydrogens is 255 g/mol. The maximum absolute atomic E-state index is 14.1. The van der Waals surface area contributed by atoms with Crippen molar-refractivity contribution < 1.29 is 9.13 Å². The molecule has 0 amide bonds. The summed E-state index contributed by atoms with van der Waals surface area (Å²) in [6, 6.07) is 3.06. The molecule has 2 fully saturated rings. The van der Waals surface area contributed by atoms with Gasteiger partial charge in [-0.1, -0.05) is 6.42 Å². The van der Waals surface area contributed by atoms with Crippen LogP contribution in [0.15, 0.2) is 12.1 Å². The van der Waals surface area contributed by atoms with Gasteiger partial charge in [-0.2, -0.15) is 0 Å². The predicted octanol–water partition coefficient (Wildman–Crippen LogP) is 3.29. The molecule has 110 valence electrons. The molecule has 1 aromatic carbocycles. The first-order valence-electron chi connectivity index (χ1n) is 7.42. The van der Waals surface area contributed by atoms with Crippen LogP contribution in [0.25, 0.3) is 0 Å². The first kappa shape index (κ1) is 13.5. The summed E-state index contributed by atoms with van der Waals surface area (Å²) in [5, 5.41) is 0. The standard InChI is InChI=1S/C16H23FN2O/c1-19(9-12-6-10-3-4-11(12)5-10)15-8-16(20-2)14(18)7-13(15)17/h7-8,10-12H,3-6,9,18H2,1-2H3. The number of benzene rings is 1. The van der Waals surface area contributed by atoms with Crippen LogP contribution in [0.4, 0.5) is 15.8 Å². The van der Waals surface area contributed by atoms with E-state index in [0.29, 0.717) is 23.0 Å². The Kier molecular flexibility index (Phi) is 3.48. The van der Waals surface area contributed by atoms with Crippen molar-refractivity contribution in [2.75, 3.05) is 31.3 Å². The number of fused-ring (bicyclic) bond motifs is 2. The molecule has 1 aromatic rings. The Labute approximate surface area is 119 Å². The molecule has 3 atom stereocenters. The molecule has 0 spiro atoms. The van der Waals surface area contributed by atoms with E-state index < -0.39 is 0 Å². The Morgan fingerprint density at radius 2 is 2.15 bits per heavy atom. The van der Waals surface area contributed by atoms with Gasteiger partial charge in [0.25, 0.3) is 0 Å². The second kappa shape index (κ2) is 5.15. The smallest absolute Gasteiger partial charge is 0.148 e. The van der Waals surface area contributed by atoms with E-state index in [1.165, 1.54) is 31.7 Å². The minimum absolute atomic E-state index is 0.269. The number of halogens is 1. The van der Waals surface area contributed by atoms with E-state index in [1.54, 1.807) is 13.2 Å². The fraction of sp³-hybridized carbons (Fsp3) is 0.625. The number of anilines is 2. The predicted molar refractivity (Wildman–Crippen MR) is 79.6 cm³/mol. The van der Waals surface area contributed by atoms with Gasteiger partial charge in [0.2, 0.25) is 0 Å². The molecule has 2 aliphatic carbocycles. The van der Waals surface area contributed by atoms with Gasteiger partial charge in [0.15, 0.2) is 0 Å². The lowest BCUT2D eigenvalue weighted by atomic mass is 9.88. The highest BCUT2D eigenvalue weighted by molar-refractivity contribution is 5.63. The third kappa shape index (κ3) is 2.32. The minimum atomic E-state index is -0.269. The van der Waals surface area contributed by atoms with Gasteiger partial charge in [0.1, 0.15) is 11.6 Å². The Hall–Kier alpha value is -1.45. The Bertz CT molecular complexity index is 505. The van der Waals surface area contributed by atoms with Gasteiger partial charge < -0.3 is 15.4 Å². The zero-order valence-electron chi connectivity index (χ0n) is 12.2. The van der Waals surface area contributed by atoms with E-state index >= 15 is 0 Å². The fourth-order valence-electron chi connectivity index (χ4n) is 4.08. The molecule has 3 rings (SSSR count). The summed E-state index contributed by atoms with van der Waals surface area (Å²) < 4.78 is 19.3. The summed E-state index contributed by atoms with van der Waals surface area (Å²) in [7, 11) is 3.52. The van der Waals surface area contributed by atoms with Crippen molar-refractivity contribution in [1.29, 1.82) is 0 Å². The van der Waals surface area contributed by atoms with Crippen LogP contribution in [0, 0.1) is 23.6 Å². The lowest BCUT2D eigenvalue weighted by Gasteiger charge is -2.29. The van der Waals surface area contributed by atoms with Crippen molar-refractivity contribution in [3.8, 4) is 5.75 Å². The van der Waals surface area contributed by atoms with E-state index in [-0.39, 0.29) is 5.82 Å². The lowest BCUT2D eigenvalue weighted by Crippen LogP contribution is -2.29. The number of nitrogen functional groups attached to an aromatic ring is 1. The minimum Gasteiger partial charge on any atom is -0.495 e. The largest absolute Gasteiger partial charge is 0.495 e. The van der Waals surface area contributed by atoms with Gasteiger partial charge in [-0.15, -0.1) is 0 Å². The summed E-state index contributed by atoms with van der Waals surface area (Å²) in [5.41, 5.74) is 6.66. The van der Waals surface area contributed by atoms with Gasteiger partial charge in [0, 0.05) is 25.7 Å². The van der Waals surface area contributed by atoms with Crippen LogP contribution in [0.3, 0.4) is 0 Å². The third-order valence-electron chi connectivity index (χ3n) is 5.10. The van der Waals surface area contributed by atoms with Crippen LogP contribution in [-0.2, 0) is 0 Å². The molecule has 2 aliphatic rings. The summed E-state index contributed by atoms with van der Waals surface area (Å²) in [6.45, 7) is 0.922. The molecule has 0 aliphatic heterocycles. The lowest BCUT2D eigenvalue weighted by molar-refractivity contribution is 0.336. The average molecular weight is 278 g/mol. The van der Waals surface area contributed by atoms with Crippen molar-refractivity contribution in [2.45, 2.75) is 25.7 Å². The average Bonchev–Trinajstić information content (AvgIpc) is 3.01.